The first-order chi connectivity index (χ1) is 5.11. The third-order valence-electron chi connectivity index (χ3n) is 3.12. The van der Waals surface area contributed by atoms with Crippen LogP contribution in [0.5, 0.6) is 0 Å². The second-order valence-corrected chi connectivity index (χ2v) is 3.91. The summed E-state index contributed by atoms with van der Waals surface area (Å²) in [7, 11) is 0. The summed E-state index contributed by atoms with van der Waals surface area (Å²) in [6, 6.07) is 0. The van der Waals surface area contributed by atoms with Crippen LogP contribution in [0.3, 0.4) is 0 Å². The van der Waals surface area contributed by atoms with Gasteiger partial charge in [-0.2, -0.15) is 0 Å². The fourth-order valence-electron chi connectivity index (χ4n) is 1.82. The standard InChI is InChI=1S/C9H19NO/c1-7(2)9(3)8(6-10)4-5-11-9/h7-8H,4-6,10H2,1-3H3. The van der Waals surface area contributed by atoms with Crippen LogP contribution in [0.15, 0.2) is 0 Å². The molecule has 0 aromatic carbocycles. The highest BCUT2D eigenvalue weighted by molar-refractivity contribution is 4.91. The molecule has 2 nitrogen and oxygen atoms in total. The van der Waals surface area contributed by atoms with Gasteiger partial charge in [0.2, 0.25) is 0 Å². The van der Waals surface area contributed by atoms with E-state index in [0.29, 0.717) is 11.8 Å². The van der Waals surface area contributed by atoms with Crippen molar-refractivity contribution in [2.45, 2.75) is 32.8 Å². The minimum Gasteiger partial charge on any atom is -0.375 e. The lowest BCUT2D eigenvalue weighted by molar-refractivity contribution is -0.0408. The predicted octanol–water partition coefficient (Wildman–Crippen LogP) is 1.40. The van der Waals surface area contributed by atoms with E-state index in [4.69, 9.17) is 10.5 Å². The van der Waals surface area contributed by atoms with Crippen molar-refractivity contribution in [3.05, 3.63) is 0 Å². The van der Waals surface area contributed by atoms with E-state index in [1.165, 1.54) is 0 Å². The first-order valence-corrected chi connectivity index (χ1v) is 4.45. The van der Waals surface area contributed by atoms with Crippen LogP contribution in [0.2, 0.25) is 0 Å². The van der Waals surface area contributed by atoms with Crippen LogP contribution < -0.4 is 5.73 Å². The minimum absolute atomic E-state index is 0.0365. The van der Waals surface area contributed by atoms with Crippen molar-refractivity contribution in [3.8, 4) is 0 Å². The quantitative estimate of drug-likeness (QED) is 0.657. The fraction of sp³-hybridized carbons (Fsp3) is 1.00. The van der Waals surface area contributed by atoms with Gasteiger partial charge in [-0.05, 0) is 25.8 Å². The molecule has 66 valence electrons. The smallest absolute Gasteiger partial charge is 0.0718 e. The van der Waals surface area contributed by atoms with Crippen LogP contribution in [0.1, 0.15) is 27.2 Å². The summed E-state index contributed by atoms with van der Waals surface area (Å²) in [6.45, 7) is 8.23. The summed E-state index contributed by atoms with van der Waals surface area (Å²) >= 11 is 0. The van der Waals surface area contributed by atoms with Crippen molar-refractivity contribution in [1.29, 1.82) is 0 Å². The summed E-state index contributed by atoms with van der Waals surface area (Å²) in [6.07, 6.45) is 1.13. The molecule has 0 amide bonds. The van der Waals surface area contributed by atoms with Crippen LogP contribution in [-0.2, 0) is 4.74 Å². The number of nitrogens with two attached hydrogens (primary N) is 1. The largest absolute Gasteiger partial charge is 0.375 e. The van der Waals surface area contributed by atoms with E-state index in [1.54, 1.807) is 0 Å². The Kier molecular flexibility index (Phi) is 2.55. The zero-order chi connectivity index (χ0) is 8.48. The zero-order valence-electron chi connectivity index (χ0n) is 7.76. The second kappa shape index (κ2) is 3.11. The summed E-state index contributed by atoms with van der Waals surface area (Å²) < 4.78 is 5.73. The SMILES string of the molecule is CC(C)C1(C)OCCC1CN. The van der Waals surface area contributed by atoms with Crippen LogP contribution in [0.4, 0.5) is 0 Å². The van der Waals surface area contributed by atoms with E-state index in [-0.39, 0.29) is 5.60 Å². The van der Waals surface area contributed by atoms with Crippen molar-refractivity contribution in [3.63, 3.8) is 0 Å². The normalized spacial score (nSPS) is 38.5. The molecule has 0 radical (unpaired) electrons. The Morgan fingerprint density at radius 1 is 1.64 bits per heavy atom. The first kappa shape index (κ1) is 9.01. The molecule has 1 rings (SSSR count). The summed E-state index contributed by atoms with van der Waals surface area (Å²) in [5.41, 5.74) is 5.70. The molecule has 1 aliphatic heterocycles. The topological polar surface area (TPSA) is 35.2 Å². The molecule has 2 unspecified atom stereocenters. The molecule has 11 heavy (non-hydrogen) atoms. The molecule has 0 spiro atoms. The lowest BCUT2D eigenvalue weighted by Crippen LogP contribution is -2.40. The molecule has 1 saturated heterocycles. The third kappa shape index (κ3) is 1.42. The van der Waals surface area contributed by atoms with Crippen molar-refractivity contribution >= 4 is 0 Å². The second-order valence-electron chi connectivity index (χ2n) is 3.91. The van der Waals surface area contributed by atoms with E-state index in [0.717, 1.165) is 19.6 Å². The Balaban J connectivity index is 2.67. The van der Waals surface area contributed by atoms with Gasteiger partial charge >= 0.3 is 0 Å². The third-order valence-corrected chi connectivity index (χ3v) is 3.12. The molecule has 2 heteroatoms. The lowest BCUT2D eigenvalue weighted by Gasteiger charge is -2.33. The predicted molar refractivity (Wildman–Crippen MR) is 46.4 cm³/mol. The minimum atomic E-state index is 0.0365. The average molecular weight is 157 g/mol. The zero-order valence-corrected chi connectivity index (χ0v) is 7.76. The van der Waals surface area contributed by atoms with Gasteiger partial charge in [0.25, 0.3) is 0 Å². The molecular formula is C9H19NO. The molecule has 1 aliphatic rings. The molecule has 1 fully saturated rings. The Morgan fingerprint density at radius 2 is 2.27 bits per heavy atom. The highest BCUT2D eigenvalue weighted by Gasteiger charge is 2.41. The van der Waals surface area contributed by atoms with Crippen molar-refractivity contribution in [2.75, 3.05) is 13.2 Å². The van der Waals surface area contributed by atoms with Crippen LogP contribution in [0.25, 0.3) is 0 Å². The van der Waals surface area contributed by atoms with Gasteiger partial charge in [-0.3, -0.25) is 0 Å². The maximum Gasteiger partial charge on any atom is 0.0718 e. The van der Waals surface area contributed by atoms with Gasteiger partial charge in [-0.1, -0.05) is 13.8 Å². The summed E-state index contributed by atoms with van der Waals surface area (Å²) in [5.74, 6) is 1.13. The van der Waals surface area contributed by atoms with Gasteiger partial charge in [-0.15, -0.1) is 0 Å². The molecule has 0 bridgehead atoms. The fourth-order valence-corrected chi connectivity index (χ4v) is 1.82. The number of hydrogen-bond acceptors (Lipinski definition) is 2. The van der Waals surface area contributed by atoms with Crippen molar-refractivity contribution < 1.29 is 4.74 Å². The summed E-state index contributed by atoms with van der Waals surface area (Å²) in [4.78, 5) is 0. The van der Waals surface area contributed by atoms with E-state index in [9.17, 15) is 0 Å². The number of rotatable bonds is 2. The number of ether oxygens (including phenoxy) is 1. The van der Waals surface area contributed by atoms with Gasteiger partial charge in [-0.25, -0.2) is 0 Å². The Labute approximate surface area is 69.1 Å². The number of hydrogen-bond donors (Lipinski definition) is 1. The maximum atomic E-state index is 5.73. The van der Waals surface area contributed by atoms with Crippen LogP contribution >= 0.6 is 0 Å². The highest BCUT2D eigenvalue weighted by Crippen LogP contribution is 2.36. The maximum absolute atomic E-state index is 5.73. The van der Waals surface area contributed by atoms with Crippen LogP contribution in [0, 0.1) is 11.8 Å². The van der Waals surface area contributed by atoms with Gasteiger partial charge in [0, 0.05) is 12.5 Å². The van der Waals surface area contributed by atoms with Crippen molar-refractivity contribution in [2.24, 2.45) is 17.6 Å². The summed E-state index contributed by atoms with van der Waals surface area (Å²) in [5, 5.41) is 0. The van der Waals surface area contributed by atoms with E-state index in [2.05, 4.69) is 20.8 Å². The van der Waals surface area contributed by atoms with Crippen molar-refractivity contribution in [1.82, 2.24) is 0 Å². The highest BCUT2D eigenvalue weighted by atomic mass is 16.5. The monoisotopic (exact) mass is 157 g/mol. The molecular weight excluding hydrogens is 138 g/mol. The molecule has 2 N–H and O–H groups in total. The van der Waals surface area contributed by atoms with Gasteiger partial charge < -0.3 is 10.5 Å². The molecule has 2 atom stereocenters. The molecule has 1 heterocycles. The van der Waals surface area contributed by atoms with Crippen LogP contribution in [-0.4, -0.2) is 18.8 Å². The average Bonchev–Trinajstić information content (AvgIpc) is 2.32. The Bertz CT molecular complexity index is 136. The Hall–Kier alpha value is -0.0800. The van der Waals surface area contributed by atoms with Gasteiger partial charge in [0.1, 0.15) is 0 Å². The molecule has 0 aromatic heterocycles. The molecule has 0 aromatic rings. The Morgan fingerprint density at radius 3 is 2.64 bits per heavy atom. The lowest BCUT2D eigenvalue weighted by atomic mass is 9.80. The van der Waals surface area contributed by atoms with Gasteiger partial charge in [0.15, 0.2) is 0 Å². The van der Waals surface area contributed by atoms with E-state index < -0.39 is 0 Å². The van der Waals surface area contributed by atoms with Gasteiger partial charge in [0.05, 0.1) is 5.60 Å². The first-order valence-electron chi connectivity index (χ1n) is 4.45. The molecule has 0 aliphatic carbocycles. The molecule has 0 saturated carbocycles. The van der Waals surface area contributed by atoms with E-state index in [1.807, 2.05) is 0 Å². The van der Waals surface area contributed by atoms with E-state index >= 15 is 0 Å².